The number of aliphatic carboxylic acids is 1. The van der Waals surface area contributed by atoms with Crippen LogP contribution in [0.5, 0.6) is 0 Å². The average Bonchev–Trinajstić information content (AvgIpc) is 2.51. The van der Waals surface area contributed by atoms with Crippen LogP contribution in [0.3, 0.4) is 0 Å². The number of hydrogen-bond donors (Lipinski definition) is 3. The van der Waals surface area contributed by atoms with E-state index in [-0.39, 0.29) is 6.54 Å². The number of nitrogens with zero attached hydrogens (tertiary/aromatic N) is 1. The molecule has 3 amide bonds. The largest absolute Gasteiger partial charge is 0.481 e. The van der Waals surface area contributed by atoms with Crippen molar-refractivity contribution in [3.8, 4) is 0 Å². The first-order valence-corrected chi connectivity index (χ1v) is 7.98. The second-order valence-electron chi connectivity index (χ2n) is 6.21. The number of amides is 3. The number of carboxylic acid groups (broad SMARTS) is 1. The standard InChI is InChI=1S/C17H23N3O4/c1-11-5-6-14(8-12(11)2)18-17(24)19-15(21)10-20-7-3-4-13(9-20)16(22)23/h5-6,8,13H,3-4,7,9-10H2,1-2H3,(H,22,23)(H2,18,19,21,24). The zero-order valence-electron chi connectivity index (χ0n) is 14.0. The van der Waals surface area contributed by atoms with Gasteiger partial charge in [-0.3, -0.25) is 19.8 Å². The topological polar surface area (TPSA) is 98.7 Å². The number of anilines is 1. The van der Waals surface area contributed by atoms with Crippen LogP contribution in [0.15, 0.2) is 18.2 Å². The van der Waals surface area contributed by atoms with Crippen LogP contribution in [-0.2, 0) is 9.59 Å². The molecule has 2 rings (SSSR count). The monoisotopic (exact) mass is 333 g/mol. The number of urea groups is 1. The van der Waals surface area contributed by atoms with Crippen LogP contribution in [0, 0.1) is 19.8 Å². The summed E-state index contributed by atoms with van der Waals surface area (Å²) in [5.74, 6) is -1.73. The van der Waals surface area contributed by atoms with Crippen molar-refractivity contribution in [1.82, 2.24) is 10.2 Å². The SMILES string of the molecule is Cc1ccc(NC(=O)NC(=O)CN2CCCC(C(=O)O)C2)cc1C. The van der Waals surface area contributed by atoms with E-state index in [4.69, 9.17) is 5.11 Å². The molecule has 0 saturated carbocycles. The number of aryl methyl sites for hydroxylation is 2. The van der Waals surface area contributed by atoms with Gasteiger partial charge in [-0.05, 0) is 56.5 Å². The molecule has 7 nitrogen and oxygen atoms in total. The molecular formula is C17H23N3O4. The van der Waals surface area contributed by atoms with Crippen LogP contribution in [0.25, 0.3) is 0 Å². The highest BCUT2D eigenvalue weighted by atomic mass is 16.4. The Morgan fingerprint density at radius 1 is 1.25 bits per heavy atom. The molecule has 1 aliphatic heterocycles. The van der Waals surface area contributed by atoms with Gasteiger partial charge in [0.25, 0.3) is 0 Å². The van der Waals surface area contributed by atoms with Gasteiger partial charge in [0.2, 0.25) is 5.91 Å². The molecule has 1 fully saturated rings. The number of rotatable bonds is 4. The average molecular weight is 333 g/mol. The minimum absolute atomic E-state index is 0.0180. The van der Waals surface area contributed by atoms with Crippen LogP contribution in [0.2, 0.25) is 0 Å². The number of nitrogens with one attached hydrogen (secondary N) is 2. The molecule has 1 heterocycles. The third kappa shape index (κ3) is 5.06. The van der Waals surface area contributed by atoms with E-state index in [1.54, 1.807) is 11.0 Å². The minimum atomic E-state index is -0.840. The Morgan fingerprint density at radius 3 is 2.67 bits per heavy atom. The van der Waals surface area contributed by atoms with E-state index >= 15 is 0 Å². The third-order valence-electron chi connectivity index (χ3n) is 4.24. The van der Waals surface area contributed by atoms with E-state index < -0.39 is 23.8 Å². The highest BCUT2D eigenvalue weighted by Gasteiger charge is 2.26. The Balaban J connectivity index is 1.82. The van der Waals surface area contributed by atoms with E-state index in [9.17, 15) is 14.4 Å². The summed E-state index contributed by atoms with van der Waals surface area (Å²) >= 11 is 0. The summed E-state index contributed by atoms with van der Waals surface area (Å²) in [4.78, 5) is 36.6. The number of benzene rings is 1. The summed E-state index contributed by atoms with van der Waals surface area (Å²) in [6.45, 7) is 4.94. The maximum absolute atomic E-state index is 11.9. The van der Waals surface area contributed by atoms with E-state index in [0.29, 0.717) is 25.2 Å². The van der Waals surface area contributed by atoms with Crippen LogP contribution >= 0.6 is 0 Å². The summed E-state index contributed by atoms with van der Waals surface area (Å²) in [5.41, 5.74) is 2.79. The quantitative estimate of drug-likeness (QED) is 0.780. The first-order valence-electron chi connectivity index (χ1n) is 7.98. The van der Waals surface area contributed by atoms with Gasteiger partial charge >= 0.3 is 12.0 Å². The molecule has 0 aromatic heterocycles. The van der Waals surface area contributed by atoms with Crippen LogP contribution in [0.4, 0.5) is 10.5 Å². The van der Waals surface area contributed by atoms with Crippen molar-refractivity contribution < 1.29 is 19.5 Å². The molecule has 1 saturated heterocycles. The maximum atomic E-state index is 11.9. The molecular weight excluding hydrogens is 310 g/mol. The smallest absolute Gasteiger partial charge is 0.325 e. The molecule has 1 aromatic rings. The van der Waals surface area contributed by atoms with Crippen LogP contribution in [-0.4, -0.2) is 47.5 Å². The first kappa shape index (κ1) is 17.9. The second kappa shape index (κ2) is 7.92. The van der Waals surface area contributed by atoms with Gasteiger partial charge in [0, 0.05) is 12.2 Å². The molecule has 1 aliphatic rings. The van der Waals surface area contributed by atoms with Crippen molar-refractivity contribution in [2.45, 2.75) is 26.7 Å². The van der Waals surface area contributed by atoms with Gasteiger partial charge < -0.3 is 10.4 Å². The molecule has 0 aliphatic carbocycles. The van der Waals surface area contributed by atoms with E-state index in [0.717, 1.165) is 17.5 Å². The number of piperidine rings is 1. The molecule has 130 valence electrons. The molecule has 3 N–H and O–H groups in total. The van der Waals surface area contributed by atoms with E-state index in [1.165, 1.54) is 0 Å². The predicted octanol–water partition coefficient (Wildman–Crippen LogP) is 1.75. The summed E-state index contributed by atoms with van der Waals surface area (Å²) in [7, 11) is 0. The highest BCUT2D eigenvalue weighted by molar-refractivity contribution is 6.01. The van der Waals surface area contributed by atoms with Gasteiger partial charge in [-0.2, -0.15) is 0 Å². The van der Waals surface area contributed by atoms with Crippen molar-refractivity contribution in [2.24, 2.45) is 5.92 Å². The molecule has 7 heteroatoms. The lowest BCUT2D eigenvalue weighted by atomic mass is 9.98. The summed E-state index contributed by atoms with van der Waals surface area (Å²) < 4.78 is 0. The number of carboxylic acids is 1. The lowest BCUT2D eigenvalue weighted by Gasteiger charge is -2.29. The zero-order valence-corrected chi connectivity index (χ0v) is 14.0. The Kier molecular flexibility index (Phi) is 5.92. The van der Waals surface area contributed by atoms with Gasteiger partial charge in [-0.25, -0.2) is 4.79 Å². The molecule has 0 spiro atoms. The minimum Gasteiger partial charge on any atom is -0.481 e. The van der Waals surface area contributed by atoms with E-state index in [1.807, 2.05) is 26.0 Å². The molecule has 1 atom stereocenters. The Morgan fingerprint density at radius 2 is 2.00 bits per heavy atom. The third-order valence-corrected chi connectivity index (χ3v) is 4.24. The molecule has 1 unspecified atom stereocenters. The molecule has 0 radical (unpaired) electrons. The lowest BCUT2D eigenvalue weighted by molar-refractivity contribution is -0.144. The maximum Gasteiger partial charge on any atom is 0.325 e. The molecule has 0 bridgehead atoms. The summed E-state index contributed by atoms with van der Waals surface area (Å²) in [5, 5.41) is 13.9. The van der Waals surface area contributed by atoms with Gasteiger partial charge in [-0.15, -0.1) is 0 Å². The van der Waals surface area contributed by atoms with Crippen LogP contribution in [0.1, 0.15) is 24.0 Å². The number of likely N-dealkylation sites (tertiary alicyclic amines) is 1. The number of carbonyl (C=O) groups excluding carboxylic acids is 2. The normalized spacial score (nSPS) is 18.0. The fraction of sp³-hybridized carbons (Fsp3) is 0.471. The van der Waals surface area contributed by atoms with Gasteiger partial charge in [0.05, 0.1) is 12.5 Å². The zero-order chi connectivity index (χ0) is 17.7. The Hall–Kier alpha value is -2.41. The van der Waals surface area contributed by atoms with Crippen molar-refractivity contribution in [2.75, 3.05) is 25.0 Å². The fourth-order valence-electron chi connectivity index (χ4n) is 2.75. The van der Waals surface area contributed by atoms with Crippen molar-refractivity contribution in [3.05, 3.63) is 29.3 Å². The molecule has 1 aromatic carbocycles. The van der Waals surface area contributed by atoms with E-state index in [2.05, 4.69) is 10.6 Å². The van der Waals surface area contributed by atoms with Crippen molar-refractivity contribution in [1.29, 1.82) is 0 Å². The summed E-state index contributed by atoms with van der Waals surface area (Å²) in [6, 6.07) is 4.91. The van der Waals surface area contributed by atoms with Gasteiger partial charge in [0.15, 0.2) is 0 Å². The van der Waals surface area contributed by atoms with Gasteiger partial charge in [-0.1, -0.05) is 6.07 Å². The Bertz CT molecular complexity index is 645. The van der Waals surface area contributed by atoms with Crippen molar-refractivity contribution in [3.63, 3.8) is 0 Å². The van der Waals surface area contributed by atoms with Crippen LogP contribution < -0.4 is 10.6 Å². The van der Waals surface area contributed by atoms with Crippen molar-refractivity contribution >= 4 is 23.6 Å². The Labute approximate surface area is 141 Å². The fourth-order valence-corrected chi connectivity index (χ4v) is 2.75. The van der Waals surface area contributed by atoms with Gasteiger partial charge in [0.1, 0.15) is 0 Å². The first-order chi connectivity index (χ1) is 11.3. The number of imide groups is 1. The second-order valence-corrected chi connectivity index (χ2v) is 6.21. The molecule has 24 heavy (non-hydrogen) atoms. The lowest BCUT2D eigenvalue weighted by Crippen LogP contribution is -2.46. The number of hydrogen-bond acceptors (Lipinski definition) is 4. The summed E-state index contributed by atoms with van der Waals surface area (Å²) in [6.07, 6.45) is 1.36. The highest BCUT2D eigenvalue weighted by Crippen LogP contribution is 2.16. The number of carbonyl (C=O) groups is 3. The predicted molar refractivity (Wildman–Crippen MR) is 89.9 cm³/mol.